The molecule has 1 saturated heterocycles. The van der Waals surface area contributed by atoms with Gasteiger partial charge in [-0.05, 0) is 18.2 Å². The lowest BCUT2D eigenvalue weighted by Gasteiger charge is -2.38. The standard InChI is InChI=1S/C12H13ClF3NO/c1-11(6-18-7-11)5-17-10-3-2-8(13)4-9(10)12(14,15)16/h2-4,17H,5-7H2,1H3. The molecular formula is C12H13ClF3NO. The molecule has 6 heteroatoms. The van der Waals surface area contributed by atoms with Crippen molar-refractivity contribution in [3.63, 3.8) is 0 Å². The minimum atomic E-state index is -4.41. The van der Waals surface area contributed by atoms with Gasteiger partial charge in [0.2, 0.25) is 0 Å². The third-order valence-electron chi connectivity index (χ3n) is 2.89. The fourth-order valence-corrected chi connectivity index (χ4v) is 1.94. The number of benzene rings is 1. The third-order valence-corrected chi connectivity index (χ3v) is 3.13. The van der Waals surface area contributed by atoms with Gasteiger partial charge in [-0.3, -0.25) is 0 Å². The summed E-state index contributed by atoms with van der Waals surface area (Å²) in [4.78, 5) is 0. The molecule has 1 aromatic carbocycles. The average Bonchev–Trinajstić information content (AvgIpc) is 2.23. The smallest absolute Gasteiger partial charge is 0.384 e. The molecular weight excluding hydrogens is 267 g/mol. The number of anilines is 1. The Morgan fingerprint density at radius 3 is 2.56 bits per heavy atom. The van der Waals surface area contributed by atoms with E-state index in [0.717, 1.165) is 6.07 Å². The summed E-state index contributed by atoms with van der Waals surface area (Å²) in [5.41, 5.74) is -0.776. The minimum Gasteiger partial charge on any atom is -0.384 e. The summed E-state index contributed by atoms with van der Waals surface area (Å²) in [6.07, 6.45) is -4.41. The zero-order valence-corrected chi connectivity index (χ0v) is 10.5. The first-order valence-corrected chi connectivity index (χ1v) is 5.86. The van der Waals surface area contributed by atoms with E-state index in [1.807, 2.05) is 6.92 Å². The van der Waals surface area contributed by atoms with E-state index in [4.69, 9.17) is 16.3 Å². The summed E-state index contributed by atoms with van der Waals surface area (Å²) in [7, 11) is 0. The van der Waals surface area contributed by atoms with Gasteiger partial charge in [0.05, 0.1) is 18.8 Å². The Kier molecular flexibility index (Phi) is 3.47. The van der Waals surface area contributed by atoms with Crippen LogP contribution in [0.4, 0.5) is 18.9 Å². The molecule has 0 aromatic heterocycles. The maximum Gasteiger partial charge on any atom is 0.418 e. The van der Waals surface area contributed by atoms with Crippen molar-refractivity contribution in [1.82, 2.24) is 0 Å². The second-order valence-corrected chi connectivity index (χ2v) is 5.28. The Morgan fingerprint density at radius 2 is 2.06 bits per heavy atom. The van der Waals surface area contributed by atoms with Gasteiger partial charge in [0, 0.05) is 22.7 Å². The lowest BCUT2D eigenvalue weighted by atomic mass is 9.88. The van der Waals surface area contributed by atoms with Crippen LogP contribution in [0.1, 0.15) is 12.5 Å². The number of rotatable bonds is 3. The number of alkyl halides is 3. The molecule has 0 atom stereocenters. The van der Waals surface area contributed by atoms with E-state index in [-0.39, 0.29) is 16.1 Å². The average molecular weight is 280 g/mol. The van der Waals surface area contributed by atoms with Crippen molar-refractivity contribution in [3.8, 4) is 0 Å². The van der Waals surface area contributed by atoms with Crippen molar-refractivity contribution in [3.05, 3.63) is 28.8 Å². The Labute approximate surface area is 108 Å². The van der Waals surface area contributed by atoms with Crippen molar-refractivity contribution < 1.29 is 17.9 Å². The quantitative estimate of drug-likeness (QED) is 0.908. The first-order chi connectivity index (χ1) is 8.30. The summed E-state index contributed by atoms with van der Waals surface area (Å²) in [5, 5.41) is 2.91. The Balaban J connectivity index is 2.16. The molecule has 1 fully saturated rings. The molecule has 0 aliphatic carbocycles. The van der Waals surface area contributed by atoms with E-state index in [1.54, 1.807) is 0 Å². The zero-order chi connectivity index (χ0) is 13.4. The fraction of sp³-hybridized carbons (Fsp3) is 0.500. The largest absolute Gasteiger partial charge is 0.418 e. The van der Waals surface area contributed by atoms with Crippen LogP contribution < -0.4 is 5.32 Å². The summed E-state index contributed by atoms with van der Waals surface area (Å²) >= 11 is 5.60. The summed E-state index contributed by atoms with van der Waals surface area (Å²) < 4.78 is 43.5. The number of nitrogens with one attached hydrogen (secondary N) is 1. The molecule has 18 heavy (non-hydrogen) atoms. The second kappa shape index (κ2) is 4.63. The SMILES string of the molecule is CC1(CNc2ccc(Cl)cc2C(F)(F)F)COC1. The molecule has 0 radical (unpaired) electrons. The molecule has 2 rings (SSSR count). The van der Waals surface area contributed by atoms with Crippen molar-refractivity contribution in [1.29, 1.82) is 0 Å². The molecule has 2 nitrogen and oxygen atoms in total. The second-order valence-electron chi connectivity index (χ2n) is 4.84. The lowest BCUT2D eigenvalue weighted by molar-refractivity contribution is -0.137. The molecule has 0 saturated carbocycles. The molecule has 1 aliphatic heterocycles. The normalized spacial score (nSPS) is 18.3. The topological polar surface area (TPSA) is 21.3 Å². The van der Waals surface area contributed by atoms with E-state index in [1.165, 1.54) is 12.1 Å². The lowest BCUT2D eigenvalue weighted by Crippen LogP contribution is -2.45. The molecule has 100 valence electrons. The monoisotopic (exact) mass is 279 g/mol. The van der Waals surface area contributed by atoms with Gasteiger partial charge in [0.25, 0.3) is 0 Å². The predicted molar refractivity (Wildman–Crippen MR) is 63.9 cm³/mol. The van der Waals surface area contributed by atoms with Gasteiger partial charge in [0.15, 0.2) is 0 Å². The molecule has 0 spiro atoms. The maximum absolute atomic E-state index is 12.8. The van der Waals surface area contributed by atoms with Crippen molar-refractivity contribution in [2.45, 2.75) is 13.1 Å². The van der Waals surface area contributed by atoms with Crippen molar-refractivity contribution in [2.24, 2.45) is 5.41 Å². The van der Waals surface area contributed by atoms with Crippen LogP contribution in [0, 0.1) is 5.41 Å². The van der Waals surface area contributed by atoms with Crippen LogP contribution >= 0.6 is 11.6 Å². The summed E-state index contributed by atoms with van der Waals surface area (Å²) in [6, 6.07) is 3.73. The molecule has 1 aromatic rings. The van der Waals surface area contributed by atoms with E-state index in [9.17, 15) is 13.2 Å². The van der Waals surface area contributed by atoms with Gasteiger partial charge in [-0.1, -0.05) is 18.5 Å². The predicted octanol–water partition coefficient (Wildman–Crippen LogP) is 3.81. The maximum atomic E-state index is 12.8. The van der Waals surface area contributed by atoms with Crippen molar-refractivity contribution >= 4 is 17.3 Å². The molecule has 1 heterocycles. The highest BCUT2D eigenvalue weighted by Crippen LogP contribution is 2.37. The van der Waals surface area contributed by atoms with Crippen LogP contribution in [0.15, 0.2) is 18.2 Å². The van der Waals surface area contributed by atoms with Gasteiger partial charge in [-0.25, -0.2) is 0 Å². The van der Waals surface area contributed by atoms with Crippen LogP contribution in [-0.4, -0.2) is 19.8 Å². The Morgan fingerprint density at radius 1 is 1.39 bits per heavy atom. The van der Waals surface area contributed by atoms with Crippen LogP contribution in [0.2, 0.25) is 5.02 Å². The van der Waals surface area contributed by atoms with E-state index >= 15 is 0 Å². The molecule has 0 bridgehead atoms. The zero-order valence-electron chi connectivity index (χ0n) is 9.77. The van der Waals surface area contributed by atoms with Crippen LogP contribution in [0.5, 0.6) is 0 Å². The van der Waals surface area contributed by atoms with Crippen LogP contribution in [0.25, 0.3) is 0 Å². The molecule has 0 unspecified atom stereocenters. The number of halogens is 4. The minimum absolute atomic E-state index is 0.0556. The van der Waals surface area contributed by atoms with Crippen LogP contribution in [0.3, 0.4) is 0 Å². The van der Waals surface area contributed by atoms with Gasteiger partial charge >= 0.3 is 6.18 Å². The molecule has 1 N–H and O–H groups in total. The highest BCUT2D eigenvalue weighted by molar-refractivity contribution is 6.30. The van der Waals surface area contributed by atoms with E-state index in [2.05, 4.69) is 5.32 Å². The Bertz CT molecular complexity index is 443. The number of ether oxygens (including phenoxy) is 1. The first kappa shape index (κ1) is 13.5. The highest BCUT2D eigenvalue weighted by Gasteiger charge is 2.36. The van der Waals surface area contributed by atoms with E-state index in [0.29, 0.717) is 19.8 Å². The first-order valence-electron chi connectivity index (χ1n) is 5.49. The number of hydrogen-bond acceptors (Lipinski definition) is 2. The van der Waals surface area contributed by atoms with Gasteiger partial charge in [-0.15, -0.1) is 0 Å². The highest BCUT2D eigenvalue weighted by atomic mass is 35.5. The van der Waals surface area contributed by atoms with Gasteiger partial charge < -0.3 is 10.1 Å². The molecule has 0 amide bonds. The van der Waals surface area contributed by atoms with Gasteiger partial charge in [-0.2, -0.15) is 13.2 Å². The van der Waals surface area contributed by atoms with Gasteiger partial charge in [0.1, 0.15) is 0 Å². The number of hydrogen-bond donors (Lipinski definition) is 1. The van der Waals surface area contributed by atoms with Crippen LogP contribution in [-0.2, 0) is 10.9 Å². The Hall–Kier alpha value is -0.940. The van der Waals surface area contributed by atoms with Crippen molar-refractivity contribution in [2.75, 3.05) is 25.1 Å². The fourth-order valence-electron chi connectivity index (χ4n) is 1.77. The summed E-state index contributed by atoms with van der Waals surface area (Å²) in [6.45, 7) is 3.54. The molecule has 1 aliphatic rings. The summed E-state index contributed by atoms with van der Waals surface area (Å²) in [5.74, 6) is 0. The third kappa shape index (κ3) is 2.90. The van der Waals surface area contributed by atoms with E-state index < -0.39 is 11.7 Å².